The Kier molecular flexibility index (Phi) is 3.79. The zero-order valence-electron chi connectivity index (χ0n) is 12.3. The van der Waals surface area contributed by atoms with Crippen LogP contribution in [0.2, 0.25) is 0 Å². The molecule has 1 amide bonds. The number of hydrogen-bond donors (Lipinski definition) is 0. The number of hydrogen-bond acceptors (Lipinski definition) is 5. The number of amides is 1. The average molecular weight is 296 g/mol. The van der Waals surface area contributed by atoms with Gasteiger partial charge < -0.3 is 4.52 Å². The summed E-state index contributed by atoms with van der Waals surface area (Å²) >= 11 is 0. The minimum atomic E-state index is -0.396. The van der Waals surface area contributed by atoms with Crippen molar-refractivity contribution in [1.82, 2.24) is 10.1 Å². The van der Waals surface area contributed by atoms with E-state index in [2.05, 4.69) is 11.3 Å². The monoisotopic (exact) mass is 296 g/mol. The molecule has 1 saturated heterocycles. The number of carbonyl (C=O) groups is 1. The maximum absolute atomic E-state index is 12.5. The lowest BCUT2D eigenvalue weighted by molar-refractivity contribution is -0.121. The molecule has 0 bridgehead atoms. The SMILES string of the molecule is CN(C(=O)[C@@H]1CCCN1C#N)c1cc(-c2ccccc2)on1. The van der Waals surface area contributed by atoms with Crippen molar-refractivity contribution >= 4 is 11.7 Å². The van der Waals surface area contributed by atoms with E-state index in [0.717, 1.165) is 12.0 Å². The molecule has 0 unspecified atom stereocenters. The van der Waals surface area contributed by atoms with Crippen molar-refractivity contribution in [3.8, 4) is 17.5 Å². The Hall–Kier alpha value is -2.81. The molecule has 0 radical (unpaired) electrons. The van der Waals surface area contributed by atoms with E-state index in [4.69, 9.17) is 9.78 Å². The predicted octanol–water partition coefficient (Wildman–Crippen LogP) is 2.25. The Balaban J connectivity index is 1.78. The summed E-state index contributed by atoms with van der Waals surface area (Å²) in [6.45, 7) is 0.634. The molecule has 6 heteroatoms. The van der Waals surface area contributed by atoms with Crippen LogP contribution in [-0.2, 0) is 4.79 Å². The van der Waals surface area contributed by atoms with Crippen molar-refractivity contribution in [2.24, 2.45) is 0 Å². The van der Waals surface area contributed by atoms with Gasteiger partial charge in [0.25, 0.3) is 5.91 Å². The van der Waals surface area contributed by atoms with Crippen LogP contribution in [0.4, 0.5) is 5.82 Å². The molecule has 1 fully saturated rings. The maximum atomic E-state index is 12.5. The highest BCUT2D eigenvalue weighted by atomic mass is 16.5. The number of carbonyl (C=O) groups excluding carboxylic acids is 1. The van der Waals surface area contributed by atoms with Crippen LogP contribution in [0.15, 0.2) is 40.9 Å². The highest BCUT2D eigenvalue weighted by Gasteiger charge is 2.33. The van der Waals surface area contributed by atoms with Gasteiger partial charge in [0.15, 0.2) is 17.8 Å². The van der Waals surface area contributed by atoms with Crippen LogP contribution in [0.3, 0.4) is 0 Å². The fraction of sp³-hybridized carbons (Fsp3) is 0.312. The van der Waals surface area contributed by atoms with Crippen LogP contribution in [0, 0.1) is 11.5 Å². The van der Waals surface area contributed by atoms with E-state index in [-0.39, 0.29) is 5.91 Å². The average Bonchev–Trinajstić information content (AvgIpc) is 3.23. The number of benzene rings is 1. The van der Waals surface area contributed by atoms with Crippen molar-refractivity contribution in [2.45, 2.75) is 18.9 Å². The third-order valence-corrected chi connectivity index (χ3v) is 3.90. The first-order valence-corrected chi connectivity index (χ1v) is 7.17. The van der Waals surface area contributed by atoms with E-state index in [0.29, 0.717) is 24.5 Å². The Morgan fingerprint density at radius 1 is 1.45 bits per heavy atom. The molecule has 2 aromatic rings. The molecule has 1 atom stereocenters. The number of nitrogens with zero attached hydrogens (tertiary/aromatic N) is 4. The largest absolute Gasteiger partial charge is 0.354 e. The first-order chi connectivity index (χ1) is 10.7. The van der Waals surface area contributed by atoms with Crippen LogP contribution in [0.5, 0.6) is 0 Å². The van der Waals surface area contributed by atoms with Crippen molar-refractivity contribution in [1.29, 1.82) is 5.26 Å². The molecular formula is C16H16N4O2. The molecule has 0 N–H and O–H groups in total. The number of likely N-dealkylation sites (N-methyl/N-ethyl adjacent to an activating group) is 1. The van der Waals surface area contributed by atoms with Gasteiger partial charge in [0.1, 0.15) is 6.04 Å². The smallest absolute Gasteiger partial charge is 0.251 e. The Morgan fingerprint density at radius 2 is 2.23 bits per heavy atom. The number of anilines is 1. The van der Waals surface area contributed by atoms with Crippen LogP contribution in [-0.4, -0.2) is 35.6 Å². The van der Waals surface area contributed by atoms with Gasteiger partial charge in [-0.25, -0.2) is 0 Å². The zero-order valence-corrected chi connectivity index (χ0v) is 12.3. The van der Waals surface area contributed by atoms with Crippen LogP contribution < -0.4 is 4.90 Å². The zero-order chi connectivity index (χ0) is 15.5. The predicted molar refractivity (Wildman–Crippen MR) is 80.7 cm³/mol. The summed E-state index contributed by atoms with van der Waals surface area (Å²) in [7, 11) is 1.66. The second-order valence-corrected chi connectivity index (χ2v) is 5.26. The van der Waals surface area contributed by atoms with Crippen molar-refractivity contribution in [2.75, 3.05) is 18.5 Å². The third-order valence-electron chi connectivity index (χ3n) is 3.90. The lowest BCUT2D eigenvalue weighted by atomic mass is 10.1. The van der Waals surface area contributed by atoms with Gasteiger partial charge in [-0.1, -0.05) is 35.5 Å². The van der Waals surface area contributed by atoms with Crippen LogP contribution in [0.1, 0.15) is 12.8 Å². The van der Waals surface area contributed by atoms with Gasteiger partial charge in [-0.2, -0.15) is 5.26 Å². The number of likely N-dealkylation sites (tertiary alicyclic amines) is 1. The van der Waals surface area contributed by atoms with Gasteiger partial charge in [-0.05, 0) is 12.8 Å². The van der Waals surface area contributed by atoms with E-state index in [1.807, 2.05) is 30.3 Å². The number of rotatable bonds is 3. The summed E-state index contributed by atoms with van der Waals surface area (Å²) in [6.07, 6.45) is 3.62. The van der Waals surface area contributed by atoms with Crippen molar-refractivity contribution < 1.29 is 9.32 Å². The summed E-state index contributed by atoms with van der Waals surface area (Å²) in [4.78, 5) is 15.5. The van der Waals surface area contributed by atoms with Gasteiger partial charge in [-0.3, -0.25) is 14.6 Å². The molecule has 112 valence electrons. The summed E-state index contributed by atoms with van der Waals surface area (Å²) in [5.41, 5.74) is 0.904. The molecule has 1 aliphatic rings. The van der Waals surface area contributed by atoms with Crippen molar-refractivity contribution in [3.05, 3.63) is 36.4 Å². The molecule has 6 nitrogen and oxygen atoms in total. The molecule has 0 saturated carbocycles. The van der Waals surface area contributed by atoms with E-state index in [1.54, 1.807) is 13.1 Å². The fourth-order valence-electron chi connectivity index (χ4n) is 2.64. The van der Waals surface area contributed by atoms with Crippen LogP contribution in [0.25, 0.3) is 11.3 Å². The highest BCUT2D eigenvalue weighted by Crippen LogP contribution is 2.25. The number of nitriles is 1. The summed E-state index contributed by atoms with van der Waals surface area (Å²) in [5, 5.41) is 13.0. The molecular weight excluding hydrogens is 280 g/mol. The van der Waals surface area contributed by atoms with Gasteiger partial charge in [-0.15, -0.1) is 0 Å². The quantitative estimate of drug-likeness (QED) is 0.812. The van der Waals surface area contributed by atoms with Gasteiger partial charge >= 0.3 is 0 Å². The maximum Gasteiger partial charge on any atom is 0.251 e. The molecule has 22 heavy (non-hydrogen) atoms. The normalized spacial score (nSPS) is 17.3. The summed E-state index contributed by atoms with van der Waals surface area (Å²) in [5.74, 6) is 0.930. The summed E-state index contributed by atoms with van der Waals surface area (Å²) in [6, 6.07) is 10.9. The topological polar surface area (TPSA) is 73.4 Å². The van der Waals surface area contributed by atoms with Crippen LogP contribution >= 0.6 is 0 Å². The summed E-state index contributed by atoms with van der Waals surface area (Å²) < 4.78 is 5.32. The van der Waals surface area contributed by atoms with Gasteiger partial charge in [0.05, 0.1) is 0 Å². The lowest BCUT2D eigenvalue weighted by Gasteiger charge is -2.22. The minimum absolute atomic E-state index is 0.132. The molecule has 0 aliphatic carbocycles. The highest BCUT2D eigenvalue weighted by molar-refractivity contribution is 5.96. The third kappa shape index (κ3) is 2.53. The Bertz CT molecular complexity index is 704. The van der Waals surface area contributed by atoms with Crippen molar-refractivity contribution in [3.63, 3.8) is 0 Å². The van der Waals surface area contributed by atoms with Gasteiger partial charge in [0.2, 0.25) is 0 Å². The molecule has 1 aliphatic heterocycles. The lowest BCUT2D eigenvalue weighted by Crippen LogP contribution is -2.42. The molecule has 1 aromatic heterocycles. The Morgan fingerprint density at radius 3 is 2.95 bits per heavy atom. The standard InChI is InChI=1S/C16H16N4O2/c1-19(16(21)13-8-5-9-20(13)11-17)15-10-14(22-18-15)12-6-3-2-4-7-12/h2-4,6-7,10,13H,5,8-9H2,1H3/t13-/m0/s1. The first kappa shape index (κ1) is 14.1. The van der Waals surface area contributed by atoms with E-state index in [1.165, 1.54) is 9.80 Å². The second-order valence-electron chi connectivity index (χ2n) is 5.26. The number of aromatic nitrogens is 1. The van der Waals surface area contributed by atoms with Gasteiger partial charge in [0, 0.05) is 25.2 Å². The van der Waals surface area contributed by atoms with E-state index in [9.17, 15) is 4.79 Å². The van der Waals surface area contributed by atoms with E-state index < -0.39 is 6.04 Å². The minimum Gasteiger partial charge on any atom is -0.354 e. The Labute approximate surface area is 128 Å². The molecule has 3 rings (SSSR count). The molecule has 2 heterocycles. The second kappa shape index (κ2) is 5.90. The van der Waals surface area contributed by atoms with E-state index >= 15 is 0 Å². The fourth-order valence-corrected chi connectivity index (χ4v) is 2.64. The molecule has 1 aromatic carbocycles. The molecule has 0 spiro atoms. The first-order valence-electron chi connectivity index (χ1n) is 7.17.